The first-order chi connectivity index (χ1) is 23.9. The first-order valence-electron chi connectivity index (χ1n) is 15.5. The molecule has 0 saturated carbocycles. The van der Waals surface area contributed by atoms with Crippen LogP contribution in [0.3, 0.4) is 0 Å². The van der Waals surface area contributed by atoms with Gasteiger partial charge in [-0.15, -0.1) is 0 Å². The maximum absolute atomic E-state index is 13.9. The molecule has 0 heterocycles. The van der Waals surface area contributed by atoms with Gasteiger partial charge in [-0.05, 0) is 76.2 Å². The summed E-state index contributed by atoms with van der Waals surface area (Å²) in [5.74, 6) is -2.95. The number of aromatic carboxylic acids is 1. The average molecular weight is 677 g/mol. The Morgan fingerprint density at radius 3 is 2.04 bits per heavy atom. The third-order valence-corrected chi connectivity index (χ3v) is 7.33. The van der Waals surface area contributed by atoms with Gasteiger partial charge in [-0.25, -0.2) is 9.59 Å². The van der Waals surface area contributed by atoms with Gasteiger partial charge in [0.05, 0.1) is 5.56 Å². The number of amidine groups is 1. The molecule has 0 aliphatic heterocycles. The van der Waals surface area contributed by atoms with E-state index in [1.165, 1.54) is 42.5 Å². The van der Waals surface area contributed by atoms with Crippen molar-refractivity contribution in [2.24, 2.45) is 5.92 Å². The molecule has 0 aromatic heterocycles. The fourth-order valence-electron chi connectivity index (χ4n) is 4.75. The molecule has 50 heavy (non-hydrogen) atoms. The van der Waals surface area contributed by atoms with E-state index < -0.39 is 36.6 Å². The van der Waals surface area contributed by atoms with Gasteiger partial charge < -0.3 is 25.2 Å². The van der Waals surface area contributed by atoms with Crippen molar-refractivity contribution in [1.29, 1.82) is 5.41 Å². The lowest BCUT2D eigenvalue weighted by Gasteiger charge is -2.16. The normalized spacial score (nSPS) is 10.5. The summed E-state index contributed by atoms with van der Waals surface area (Å²) in [6.45, 7) is 8.65. The lowest BCUT2D eigenvalue weighted by Crippen LogP contribution is -2.31. The van der Waals surface area contributed by atoms with E-state index >= 15 is 0 Å². The van der Waals surface area contributed by atoms with E-state index in [0.717, 1.165) is 18.1 Å². The van der Waals surface area contributed by atoms with Crippen LogP contribution in [0, 0.1) is 11.3 Å². The van der Waals surface area contributed by atoms with E-state index in [1.54, 1.807) is 24.3 Å². The summed E-state index contributed by atoms with van der Waals surface area (Å²) < 4.78 is 9.21. The van der Waals surface area contributed by atoms with Gasteiger partial charge in [0.25, 0.3) is 11.8 Å². The number of alkyl carbamates (subject to hydrolysis) is 1. The highest BCUT2D eigenvalue weighted by molar-refractivity contribution is 6.12. The zero-order valence-electron chi connectivity index (χ0n) is 27.7. The zero-order valence-corrected chi connectivity index (χ0v) is 27.7. The van der Waals surface area contributed by atoms with Gasteiger partial charge in [-0.3, -0.25) is 25.1 Å². The van der Waals surface area contributed by atoms with Crippen molar-refractivity contribution in [1.82, 2.24) is 10.6 Å². The molecule has 256 valence electrons. The van der Waals surface area contributed by atoms with Crippen LogP contribution in [0.25, 0.3) is 28.3 Å². The molecule has 0 atom stereocenters. The first-order valence-corrected chi connectivity index (χ1v) is 15.5. The highest BCUT2D eigenvalue weighted by Gasteiger charge is 2.22. The molecule has 0 unspecified atom stereocenters. The number of carbonyl (C=O) groups excluding carboxylic acids is 4. The number of ether oxygens (including phenoxy) is 2. The Bertz CT molecular complexity index is 1950. The van der Waals surface area contributed by atoms with E-state index in [0.29, 0.717) is 28.9 Å². The minimum Gasteiger partial charge on any atom is -0.478 e. The van der Waals surface area contributed by atoms with Gasteiger partial charge in [-0.2, -0.15) is 0 Å². The quantitative estimate of drug-likeness (QED) is 0.0483. The molecular formula is C38H36N4O8. The molecule has 5 N–H and O–H groups in total. The summed E-state index contributed by atoms with van der Waals surface area (Å²) >= 11 is 0. The van der Waals surface area contributed by atoms with Crippen LogP contribution in [-0.4, -0.2) is 54.1 Å². The number of anilines is 1. The molecule has 0 aliphatic carbocycles. The van der Waals surface area contributed by atoms with Crippen LogP contribution >= 0.6 is 0 Å². The lowest BCUT2D eigenvalue weighted by atomic mass is 9.90. The summed E-state index contributed by atoms with van der Waals surface area (Å²) in [6, 6.07) is 23.0. The second-order valence-corrected chi connectivity index (χ2v) is 11.5. The third kappa shape index (κ3) is 9.50. The minimum absolute atomic E-state index is 0.152. The Morgan fingerprint density at radius 1 is 0.800 bits per heavy atom. The molecule has 0 bridgehead atoms. The largest absolute Gasteiger partial charge is 0.478 e. The number of benzene rings is 4. The van der Waals surface area contributed by atoms with Crippen LogP contribution in [0.5, 0.6) is 0 Å². The van der Waals surface area contributed by atoms with Crippen molar-refractivity contribution < 1.29 is 38.6 Å². The summed E-state index contributed by atoms with van der Waals surface area (Å²) in [6.07, 6.45) is 0.719. The maximum Gasteiger partial charge on any atom is 0.415 e. The van der Waals surface area contributed by atoms with Crippen molar-refractivity contribution in [3.05, 3.63) is 119 Å². The Labute approximate surface area is 288 Å². The van der Waals surface area contributed by atoms with Crippen LogP contribution in [0.4, 0.5) is 10.5 Å². The average Bonchev–Trinajstić information content (AvgIpc) is 3.10. The Morgan fingerprint density at radius 2 is 1.42 bits per heavy atom. The number of nitrogens with one attached hydrogen (secondary N) is 4. The van der Waals surface area contributed by atoms with Crippen LogP contribution < -0.4 is 16.0 Å². The van der Waals surface area contributed by atoms with Crippen molar-refractivity contribution in [3.8, 4) is 22.3 Å². The Balaban J connectivity index is 1.66. The van der Waals surface area contributed by atoms with Gasteiger partial charge in [0, 0.05) is 35.8 Å². The number of amides is 3. The smallest absolute Gasteiger partial charge is 0.415 e. The van der Waals surface area contributed by atoms with Crippen LogP contribution in [0.15, 0.2) is 91.5 Å². The molecule has 0 spiro atoms. The number of rotatable bonds is 12. The maximum atomic E-state index is 13.9. The van der Waals surface area contributed by atoms with E-state index in [-0.39, 0.29) is 34.0 Å². The third-order valence-electron chi connectivity index (χ3n) is 7.33. The Kier molecular flexibility index (Phi) is 12.0. The fourth-order valence-corrected chi connectivity index (χ4v) is 4.75. The van der Waals surface area contributed by atoms with Crippen molar-refractivity contribution in [2.45, 2.75) is 20.8 Å². The van der Waals surface area contributed by atoms with Crippen molar-refractivity contribution in [3.63, 3.8) is 0 Å². The molecule has 0 fully saturated rings. The predicted molar refractivity (Wildman–Crippen MR) is 189 cm³/mol. The summed E-state index contributed by atoms with van der Waals surface area (Å²) in [5.41, 5.74) is 3.84. The molecule has 12 heteroatoms. The number of hydrogen-bond donors (Lipinski definition) is 5. The zero-order chi connectivity index (χ0) is 36.4. The number of hydrogen-bond acceptors (Lipinski definition) is 8. The highest BCUT2D eigenvalue weighted by atomic mass is 16.7. The van der Waals surface area contributed by atoms with Crippen molar-refractivity contribution in [2.75, 3.05) is 18.7 Å². The van der Waals surface area contributed by atoms with E-state index in [9.17, 15) is 29.1 Å². The monoisotopic (exact) mass is 676 g/mol. The van der Waals surface area contributed by atoms with Gasteiger partial charge in [0.2, 0.25) is 6.79 Å². The number of carbonyl (C=O) groups is 5. The van der Waals surface area contributed by atoms with E-state index in [1.807, 2.05) is 38.1 Å². The molecule has 4 rings (SSSR count). The summed E-state index contributed by atoms with van der Waals surface area (Å²) in [5, 5.41) is 26.1. The van der Waals surface area contributed by atoms with E-state index in [2.05, 4.69) is 32.0 Å². The molecule has 12 nitrogen and oxygen atoms in total. The first kappa shape index (κ1) is 36.3. The molecule has 4 aromatic carbocycles. The number of carboxylic acids is 1. The standard InChI is InChI=1S/C38H36N4O8/c1-5-24-6-8-25(9-7-24)27-12-16-30(31-17-13-28(19-33(31)37(46)47)35(44)40-20-22(2)3)32(18-27)36(45)41-29-14-10-26(11-15-29)34(39)42-38(48)50-21-49-23(4)43/h5-19,22H,1,20-21H2,2-4H3,(H,40,44)(H,41,45)(H,46,47)(H2,39,42,48). The number of esters is 1. The Hall–Kier alpha value is -6.56. The van der Waals surface area contributed by atoms with Gasteiger partial charge >= 0.3 is 18.0 Å². The van der Waals surface area contributed by atoms with Gasteiger partial charge in [0.15, 0.2) is 0 Å². The fraction of sp³-hybridized carbons (Fsp3) is 0.158. The van der Waals surface area contributed by atoms with E-state index in [4.69, 9.17) is 5.41 Å². The topological polar surface area (TPSA) is 184 Å². The SMILES string of the molecule is C=Cc1ccc(-c2ccc(-c3ccc(C(=O)NCC(C)C)cc3C(=O)O)c(C(=O)Nc3ccc(C(=N)NC(=O)OCOC(C)=O)cc3)c2)cc1. The second kappa shape index (κ2) is 16.5. The molecule has 3 amide bonds. The van der Waals surface area contributed by atoms with Crippen molar-refractivity contribution >= 4 is 47.4 Å². The van der Waals surface area contributed by atoms with Gasteiger partial charge in [-0.1, -0.05) is 69.0 Å². The highest BCUT2D eigenvalue weighted by Crippen LogP contribution is 2.33. The van der Waals surface area contributed by atoms with Crippen LogP contribution in [0.1, 0.15) is 63.0 Å². The minimum atomic E-state index is -1.27. The molecular weight excluding hydrogens is 640 g/mol. The summed E-state index contributed by atoms with van der Waals surface area (Å²) in [4.78, 5) is 61.9. The predicted octanol–water partition coefficient (Wildman–Crippen LogP) is 6.57. The molecule has 0 radical (unpaired) electrons. The van der Waals surface area contributed by atoms with Crippen LogP contribution in [0.2, 0.25) is 0 Å². The lowest BCUT2D eigenvalue weighted by molar-refractivity contribution is -0.148. The molecule has 0 saturated heterocycles. The molecule has 0 aliphatic rings. The molecule has 4 aromatic rings. The second-order valence-electron chi connectivity index (χ2n) is 11.5. The number of carboxylic acid groups (broad SMARTS) is 1. The van der Waals surface area contributed by atoms with Crippen LogP contribution in [-0.2, 0) is 14.3 Å². The van der Waals surface area contributed by atoms with Gasteiger partial charge in [0.1, 0.15) is 5.84 Å². The summed E-state index contributed by atoms with van der Waals surface area (Å²) in [7, 11) is 0.